The summed E-state index contributed by atoms with van der Waals surface area (Å²) in [7, 11) is 0. The zero-order chi connectivity index (χ0) is 14.7. The molecule has 0 aliphatic heterocycles. The average molecular weight is 282 g/mol. The van der Waals surface area contributed by atoms with Gasteiger partial charge in [0.05, 0.1) is 5.56 Å². The fraction of sp³-hybridized carbons (Fsp3) is 0.294. The third-order valence-electron chi connectivity index (χ3n) is 3.84. The lowest BCUT2D eigenvalue weighted by Gasteiger charge is -2.18. The first-order chi connectivity index (χ1) is 10.2. The lowest BCUT2D eigenvalue weighted by Crippen LogP contribution is -2.23. The van der Waals surface area contributed by atoms with E-state index < -0.39 is 5.97 Å². The molecule has 1 atom stereocenters. The first-order valence-corrected chi connectivity index (χ1v) is 7.19. The van der Waals surface area contributed by atoms with Gasteiger partial charge in [0, 0.05) is 25.0 Å². The minimum absolute atomic E-state index is 0.298. The third kappa shape index (κ3) is 3.47. The molecule has 0 saturated heterocycles. The molecule has 1 aliphatic rings. The second-order valence-electron chi connectivity index (χ2n) is 5.49. The SMILES string of the molecule is O=C(O)c1cccc(CNC(c2cccnc2)C2CC2)c1. The van der Waals surface area contributed by atoms with Crippen LogP contribution in [0.4, 0.5) is 0 Å². The van der Waals surface area contributed by atoms with E-state index in [9.17, 15) is 4.79 Å². The molecule has 0 radical (unpaired) electrons. The van der Waals surface area contributed by atoms with Crippen molar-refractivity contribution in [3.05, 3.63) is 65.5 Å². The van der Waals surface area contributed by atoms with Crippen LogP contribution in [0.1, 0.15) is 40.4 Å². The summed E-state index contributed by atoms with van der Waals surface area (Å²) in [5.41, 5.74) is 2.53. The number of aromatic nitrogens is 1. The fourth-order valence-corrected chi connectivity index (χ4v) is 2.59. The highest BCUT2D eigenvalue weighted by molar-refractivity contribution is 5.87. The van der Waals surface area contributed by atoms with E-state index in [1.807, 2.05) is 18.3 Å². The van der Waals surface area contributed by atoms with Crippen LogP contribution in [0.2, 0.25) is 0 Å². The van der Waals surface area contributed by atoms with E-state index in [-0.39, 0.29) is 0 Å². The Labute approximate surface area is 123 Å². The Morgan fingerprint density at radius 3 is 2.86 bits per heavy atom. The molecule has 2 N–H and O–H groups in total. The van der Waals surface area contributed by atoms with Crippen LogP contribution < -0.4 is 5.32 Å². The minimum Gasteiger partial charge on any atom is -0.478 e. The van der Waals surface area contributed by atoms with Gasteiger partial charge >= 0.3 is 5.97 Å². The average Bonchev–Trinajstić information content (AvgIpc) is 3.34. The highest BCUT2D eigenvalue weighted by Crippen LogP contribution is 2.40. The van der Waals surface area contributed by atoms with E-state index in [1.54, 1.807) is 24.4 Å². The number of aromatic carboxylic acids is 1. The Morgan fingerprint density at radius 1 is 1.33 bits per heavy atom. The van der Waals surface area contributed by atoms with E-state index in [0.29, 0.717) is 24.1 Å². The number of hydrogen-bond acceptors (Lipinski definition) is 3. The molecule has 0 amide bonds. The molecule has 1 aliphatic carbocycles. The van der Waals surface area contributed by atoms with Crippen molar-refractivity contribution in [2.24, 2.45) is 5.92 Å². The molecule has 0 bridgehead atoms. The van der Waals surface area contributed by atoms with E-state index in [1.165, 1.54) is 18.4 Å². The zero-order valence-corrected chi connectivity index (χ0v) is 11.7. The number of rotatable bonds is 6. The Balaban J connectivity index is 1.70. The molecule has 1 aromatic carbocycles. The lowest BCUT2D eigenvalue weighted by atomic mass is 10.0. The van der Waals surface area contributed by atoms with Crippen LogP contribution in [-0.2, 0) is 6.54 Å². The molecule has 1 aromatic heterocycles. The van der Waals surface area contributed by atoms with Gasteiger partial charge in [0.15, 0.2) is 0 Å². The van der Waals surface area contributed by atoms with E-state index >= 15 is 0 Å². The Morgan fingerprint density at radius 2 is 2.19 bits per heavy atom. The maximum absolute atomic E-state index is 11.0. The van der Waals surface area contributed by atoms with E-state index in [0.717, 1.165) is 5.56 Å². The maximum atomic E-state index is 11.0. The van der Waals surface area contributed by atoms with Crippen LogP contribution in [0.3, 0.4) is 0 Å². The van der Waals surface area contributed by atoms with Crippen molar-refractivity contribution in [3.63, 3.8) is 0 Å². The van der Waals surface area contributed by atoms with Crippen molar-refractivity contribution < 1.29 is 9.90 Å². The molecule has 1 saturated carbocycles. The summed E-state index contributed by atoms with van der Waals surface area (Å²) >= 11 is 0. The second-order valence-corrected chi connectivity index (χ2v) is 5.49. The minimum atomic E-state index is -0.886. The van der Waals surface area contributed by atoms with E-state index in [2.05, 4.69) is 16.4 Å². The normalized spacial score (nSPS) is 15.6. The van der Waals surface area contributed by atoms with Crippen molar-refractivity contribution in [1.29, 1.82) is 0 Å². The Bertz CT molecular complexity index is 624. The van der Waals surface area contributed by atoms with Gasteiger partial charge < -0.3 is 10.4 Å². The highest BCUT2D eigenvalue weighted by Gasteiger charge is 2.32. The van der Waals surface area contributed by atoms with Gasteiger partial charge in [-0.25, -0.2) is 4.79 Å². The molecule has 2 aromatic rings. The number of carboxylic acid groups (broad SMARTS) is 1. The maximum Gasteiger partial charge on any atom is 0.335 e. The van der Waals surface area contributed by atoms with Gasteiger partial charge in [0.2, 0.25) is 0 Å². The highest BCUT2D eigenvalue weighted by atomic mass is 16.4. The standard InChI is InChI=1S/C17H18N2O2/c20-17(21)14-4-1-3-12(9-14)10-19-16(13-6-7-13)15-5-2-8-18-11-15/h1-5,8-9,11,13,16,19H,6-7,10H2,(H,20,21). The molecular formula is C17H18N2O2. The van der Waals surface area contributed by atoms with Gasteiger partial charge in [-0.3, -0.25) is 4.98 Å². The van der Waals surface area contributed by atoms with Crippen molar-refractivity contribution >= 4 is 5.97 Å². The number of carboxylic acids is 1. The second kappa shape index (κ2) is 6.06. The molecule has 1 fully saturated rings. The van der Waals surface area contributed by atoms with Crippen LogP contribution in [0, 0.1) is 5.92 Å². The summed E-state index contributed by atoms with van der Waals surface area (Å²) in [4.78, 5) is 15.2. The molecule has 3 rings (SSSR count). The van der Waals surface area contributed by atoms with Crippen LogP contribution in [0.5, 0.6) is 0 Å². The van der Waals surface area contributed by atoms with Crippen LogP contribution in [-0.4, -0.2) is 16.1 Å². The number of hydrogen-bond donors (Lipinski definition) is 2. The van der Waals surface area contributed by atoms with Crippen LogP contribution >= 0.6 is 0 Å². The predicted molar refractivity (Wildman–Crippen MR) is 79.9 cm³/mol. The zero-order valence-electron chi connectivity index (χ0n) is 11.7. The molecular weight excluding hydrogens is 264 g/mol. The number of nitrogens with zero attached hydrogens (tertiary/aromatic N) is 1. The Hall–Kier alpha value is -2.20. The van der Waals surface area contributed by atoms with Gasteiger partial charge in [0.25, 0.3) is 0 Å². The van der Waals surface area contributed by atoms with Gasteiger partial charge in [0.1, 0.15) is 0 Å². The summed E-state index contributed by atoms with van der Waals surface area (Å²) in [6.07, 6.45) is 6.16. The van der Waals surface area contributed by atoms with Crippen LogP contribution in [0.15, 0.2) is 48.8 Å². The largest absolute Gasteiger partial charge is 0.478 e. The van der Waals surface area contributed by atoms with Gasteiger partial charge in [-0.05, 0) is 48.1 Å². The number of nitrogens with one attached hydrogen (secondary N) is 1. The summed E-state index contributed by atoms with van der Waals surface area (Å²) < 4.78 is 0. The van der Waals surface area contributed by atoms with Gasteiger partial charge in [-0.15, -0.1) is 0 Å². The summed E-state index contributed by atoms with van der Waals surface area (Å²) in [6, 6.07) is 11.4. The van der Waals surface area contributed by atoms with E-state index in [4.69, 9.17) is 5.11 Å². The summed E-state index contributed by atoms with van der Waals surface area (Å²) in [6.45, 7) is 0.664. The van der Waals surface area contributed by atoms with Crippen molar-refractivity contribution in [3.8, 4) is 0 Å². The molecule has 1 unspecified atom stereocenters. The number of carbonyl (C=O) groups is 1. The molecule has 1 heterocycles. The van der Waals surface area contributed by atoms with Crippen molar-refractivity contribution in [2.75, 3.05) is 0 Å². The Kier molecular flexibility index (Phi) is 3.97. The molecule has 4 heteroatoms. The monoisotopic (exact) mass is 282 g/mol. The first kappa shape index (κ1) is 13.8. The van der Waals surface area contributed by atoms with Gasteiger partial charge in [-0.1, -0.05) is 18.2 Å². The van der Waals surface area contributed by atoms with Gasteiger partial charge in [-0.2, -0.15) is 0 Å². The number of benzene rings is 1. The third-order valence-corrected chi connectivity index (χ3v) is 3.84. The quantitative estimate of drug-likeness (QED) is 0.855. The molecule has 0 spiro atoms. The molecule has 4 nitrogen and oxygen atoms in total. The van der Waals surface area contributed by atoms with Crippen molar-refractivity contribution in [1.82, 2.24) is 10.3 Å². The van der Waals surface area contributed by atoms with Crippen molar-refractivity contribution in [2.45, 2.75) is 25.4 Å². The van der Waals surface area contributed by atoms with Crippen LogP contribution in [0.25, 0.3) is 0 Å². The topological polar surface area (TPSA) is 62.2 Å². The smallest absolute Gasteiger partial charge is 0.335 e. The first-order valence-electron chi connectivity index (χ1n) is 7.19. The molecule has 21 heavy (non-hydrogen) atoms. The summed E-state index contributed by atoms with van der Waals surface area (Å²) in [5.74, 6) is -0.222. The lowest BCUT2D eigenvalue weighted by molar-refractivity contribution is 0.0696. The number of pyridine rings is 1. The fourth-order valence-electron chi connectivity index (χ4n) is 2.59. The summed E-state index contributed by atoms with van der Waals surface area (Å²) in [5, 5.41) is 12.6. The molecule has 108 valence electrons. The predicted octanol–water partition coefficient (Wildman–Crippen LogP) is 3.02.